The highest BCUT2D eigenvalue weighted by Gasteiger charge is 2.12. The Bertz CT molecular complexity index is 894. The summed E-state index contributed by atoms with van der Waals surface area (Å²) in [5, 5.41) is 8.95. The first-order valence-corrected chi connectivity index (χ1v) is 6.95. The summed E-state index contributed by atoms with van der Waals surface area (Å²) in [4.78, 5) is 22.8. The number of hydrogen-bond acceptors (Lipinski definition) is 3. The van der Waals surface area contributed by atoms with Crippen LogP contribution in [-0.2, 0) is 6.54 Å². The first-order valence-electron chi connectivity index (χ1n) is 6.16. The van der Waals surface area contributed by atoms with Gasteiger partial charge in [-0.15, -0.1) is 0 Å². The molecule has 0 spiro atoms. The largest absolute Gasteiger partial charge is 0.478 e. The Morgan fingerprint density at radius 1 is 1.24 bits per heavy atom. The van der Waals surface area contributed by atoms with Crippen LogP contribution in [0.5, 0.6) is 0 Å². The summed E-state index contributed by atoms with van der Waals surface area (Å²) in [7, 11) is 0. The van der Waals surface area contributed by atoms with Gasteiger partial charge in [0.05, 0.1) is 17.6 Å². The van der Waals surface area contributed by atoms with Crippen molar-refractivity contribution < 1.29 is 14.3 Å². The van der Waals surface area contributed by atoms with E-state index < -0.39 is 11.7 Å². The molecule has 0 saturated carbocycles. The van der Waals surface area contributed by atoms with E-state index in [1.807, 2.05) is 6.07 Å². The number of carboxylic acids is 1. The average molecular weight is 348 g/mol. The van der Waals surface area contributed by atoms with Gasteiger partial charge in [0.2, 0.25) is 0 Å². The van der Waals surface area contributed by atoms with Crippen LogP contribution in [-0.4, -0.2) is 15.6 Å². The molecule has 1 aromatic heterocycles. The monoisotopic (exact) mass is 347 g/mol. The van der Waals surface area contributed by atoms with Crippen LogP contribution in [0.1, 0.15) is 15.9 Å². The molecule has 0 unspecified atom stereocenters. The molecule has 0 bridgehead atoms. The standard InChI is InChI=1S/C15H10BrNO4/c16-11-7-9(14(18)19)5-6-10(11)8-17-12-3-1-2-4-13(12)21-15(17)20/h1-7H,8H2,(H,18,19). The number of fused-ring (bicyclic) bond motifs is 1. The van der Waals surface area contributed by atoms with Crippen LogP contribution in [0.3, 0.4) is 0 Å². The van der Waals surface area contributed by atoms with Gasteiger partial charge in [-0.05, 0) is 29.8 Å². The van der Waals surface area contributed by atoms with Gasteiger partial charge in [-0.1, -0.05) is 34.1 Å². The maximum Gasteiger partial charge on any atom is 0.420 e. The number of hydrogen-bond donors (Lipinski definition) is 1. The van der Waals surface area contributed by atoms with Crippen molar-refractivity contribution in [2.24, 2.45) is 0 Å². The molecule has 0 aliphatic rings. The Labute approximate surface area is 127 Å². The van der Waals surface area contributed by atoms with E-state index in [-0.39, 0.29) is 5.56 Å². The molecule has 0 aliphatic heterocycles. The second-order valence-corrected chi connectivity index (χ2v) is 5.39. The van der Waals surface area contributed by atoms with Crippen LogP contribution in [0.15, 0.2) is 56.1 Å². The van der Waals surface area contributed by atoms with Crippen molar-refractivity contribution in [3.05, 3.63) is 68.6 Å². The van der Waals surface area contributed by atoms with Gasteiger partial charge in [-0.3, -0.25) is 4.57 Å². The second-order valence-electron chi connectivity index (χ2n) is 4.53. The molecule has 0 radical (unpaired) electrons. The maximum absolute atomic E-state index is 11.9. The Morgan fingerprint density at radius 2 is 2.00 bits per heavy atom. The molecule has 6 heteroatoms. The number of aromatic carboxylic acids is 1. The number of aromatic nitrogens is 1. The molecule has 0 aliphatic carbocycles. The molecular formula is C15H10BrNO4. The average Bonchev–Trinajstić information content (AvgIpc) is 2.77. The van der Waals surface area contributed by atoms with Gasteiger partial charge < -0.3 is 9.52 Å². The number of oxazole rings is 1. The molecule has 0 saturated heterocycles. The van der Waals surface area contributed by atoms with Crippen LogP contribution in [0, 0.1) is 0 Å². The summed E-state index contributed by atoms with van der Waals surface area (Å²) < 4.78 is 7.32. The van der Waals surface area contributed by atoms with Gasteiger partial charge in [0.1, 0.15) is 0 Å². The van der Waals surface area contributed by atoms with E-state index >= 15 is 0 Å². The minimum atomic E-state index is -0.992. The van der Waals surface area contributed by atoms with Gasteiger partial charge in [0.15, 0.2) is 5.58 Å². The number of benzene rings is 2. The van der Waals surface area contributed by atoms with E-state index in [0.29, 0.717) is 22.1 Å². The number of carboxylic acid groups (broad SMARTS) is 1. The van der Waals surface area contributed by atoms with Crippen molar-refractivity contribution in [1.29, 1.82) is 0 Å². The topological polar surface area (TPSA) is 72.4 Å². The van der Waals surface area contributed by atoms with Crippen LogP contribution in [0.4, 0.5) is 0 Å². The van der Waals surface area contributed by atoms with Gasteiger partial charge in [-0.25, -0.2) is 9.59 Å². The molecule has 0 fully saturated rings. The SMILES string of the molecule is O=C(O)c1ccc(Cn2c(=O)oc3ccccc32)c(Br)c1. The Kier molecular flexibility index (Phi) is 3.39. The zero-order valence-corrected chi connectivity index (χ0v) is 12.3. The van der Waals surface area contributed by atoms with Crippen LogP contribution < -0.4 is 5.76 Å². The van der Waals surface area contributed by atoms with Crippen molar-refractivity contribution >= 4 is 33.0 Å². The molecule has 2 aromatic carbocycles. The molecule has 106 valence electrons. The highest BCUT2D eigenvalue weighted by atomic mass is 79.9. The summed E-state index contributed by atoms with van der Waals surface area (Å²) in [5.74, 6) is -1.43. The molecular weight excluding hydrogens is 338 g/mol. The molecule has 5 nitrogen and oxygen atoms in total. The lowest BCUT2D eigenvalue weighted by molar-refractivity contribution is 0.0697. The van der Waals surface area contributed by atoms with Gasteiger partial charge >= 0.3 is 11.7 Å². The summed E-state index contributed by atoms with van der Waals surface area (Å²) in [6.07, 6.45) is 0. The molecule has 3 rings (SSSR count). The summed E-state index contributed by atoms with van der Waals surface area (Å²) >= 11 is 3.34. The number of para-hydroxylation sites is 2. The third kappa shape index (κ3) is 2.50. The van der Waals surface area contributed by atoms with Crippen molar-refractivity contribution in [1.82, 2.24) is 4.57 Å². The van der Waals surface area contributed by atoms with Crippen LogP contribution in [0.25, 0.3) is 11.1 Å². The Balaban J connectivity index is 2.05. The van der Waals surface area contributed by atoms with Crippen LogP contribution in [0.2, 0.25) is 0 Å². The predicted molar refractivity (Wildman–Crippen MR) is 80.7 cm³/mol. The lowest BCUT2D eigenvalue weighted by Gasteiger charge is -2.06. The minimum Gasteiger partial charge on any atom is -0.478 e. The fourth-order valence-corrected chi connectivity index (χ4v) is 2.65. The molecule has 1 N–H and O–H groups in total. The molecule has 1 heterocycles. The fourth-order valence-electron chi connectivity index (χ4n) is 2.14. The minimum absolute atomic E-state index is 0.190. The van der Waals surface area contributed by atoms with E-state index in [1.165, 1.54) is 16.7 Å². The smallest absolute Gasteiger partial charge is 0.420 e. The highest BCUT2D eigenvalue weighted by molar-refractivity contribution is 9.10. The highest BCUT2D eigenvalue weighted by Crippen LogP contribution is 2.21. The number of halogens is 1. The van der Waals surface area contributed by atoms with Gasteiger partial charge in [0.25, 0.3) is 0 Å². The van der Waals surface area contributed by atoms with E-state index in [4.69, 9.17) is 9.52 Å². The third-order valence-corrected chi connectivity index (χ3v) is 3.94. The first kappa shape index (κ1) is 13.6. The molecule has 21 heavy (non-hydrogen) atoms. The molecule has 0 atom stereocenters. The predicted octanol–water partition coefficient (Wildman–Crippen LogP) is 3.10. The Morgan fingerprint density at radius 3 is 2.71 bits per heavy atom. The van der Waals surface area contributed by atoms with E-state index in [2.05, 4.69) is 15.9 Å². The zero-order valence-electron chi connectivity index (χ0n) is 10.7. The van der Waals surface area contributed by atoms with Crippen LogP contribution >= 0.6 is 15.9 Å². The van der Waals surface area contributed by atoms with Gasteiger partial charge in [0, 0.05) is 4.47 Å². The van der Waals surface area contributed by atoms with Crippen molar-refractivity contribution in [2.75, 3.05) is 0 Å². The lowest BCUT2D eigenvalue weighted by atomic mass is 10.1. The number of nitrogens with zero attached hydrogens (tertiary/aromatic N) is 1. The summed E-state index contributed by atoms with van der Waals surface area (Å²) in [5.41, 5.74) is 2.22. The van der Waals surface area contributed by atoms with Gasteiger partial charge in [-0.2, -0.15) is 0 Å². The van der Waals surface area contributed by atoms with Crippen molar-refractivity contribution in [3.8, 4) is 0 Å². The van der Waals surface area contributed by atoms with E-state index in [1.54, 1.807) is 24.3 Å². The third-order valence-electron chi connectivity index (χ3n) is 3.20. The van der Waals surface area contributed by atoms with E-state index in [0.717, 1.165) is 5.56 Å². The Hall–Kier alpha value is -2.34. The normalized spacial score (nSPS) is 10.9. The summed E-state index contributed by atoms with van der Waals surface area (Å²) in [6, 6.07) is 11.9. The molecule has 3 aromatic rings. The lowest BCUT2D eigenvalue weighted by Crippen LogP contribution is -2.15. The second kappa shape index (κ2) is 5.21. The van der Waals surface area contributed by atoms with Crippen molar-refractivity contribution in [2.45, 2.75) is 6.54 Å². The molecule has 0 amide bonds. The fraction of sp³-hybridized carbons (Fsp3) is 0.0667. The first-order chi connectivity index (χ1) is 10.1. The quantitative estimate of drug-likeness (QED) is 0.790. The van der Waals surface area contributed by atoms with Crippen molar-refractivity contribution in [3.63, 3.8) is 0 Å². The summed E-state index contributed by atoms with van der Waals surface area (Å²) in [6.45, 7) is 0.302. The maximum atomic E-state index is 11.9. The zero-order chi connectivity index (χ0) is 15.0. The number of carbonyl (C=O) groups is 1. The number of rotatable bonds is 3. The van der Waals surface area contributed by atoms with E-state index in [9.17, 15) is 9.59 Å².